The van der Waals surface area contributed by atoms with E-state index in [1.54, 1.807) is 7.05 Å². The number of ether oxygens (including phenoxy) is 2. The molecule has 0 bridgehead atoms. The highest BCUT2D eigenvalue weighted by Gasteiger charge is 2.31. The van der Waals surface area contributed by atoms with Crippen LogP contribution in [-0.2, 0) is 6.18 Å². The molecule has 0 radical (unpaired) electrons. The summed E-state index contributed by atoms with van der Waals surface area (Å²) in [6.45, 7) is 2.48. The molecule has 0 aliphatic heterocycles. The van der Waals surface area contributed by atoms with E-state index in [1.165, 1.54) is 29.2 Å². The number of pyridine rings is 1. The van der Waals surface area contributed by atoms with E-state index in [0.717, 1.165) is 31.2 Å². The van der Waals surface area contributed by atoms with E-state index >= 15 is 0 Å². The third-order valence-corrected chi connectivity index (χ3v) is 5.02. The maximum absolute atomic E-state index is 14.4. The molecule has 0 atom stereocenters. The lowest BCUT2D eigenvalue weighted by molar-refractivity contribution is -0.137. The SMILES string of the molecule is CCCCN(C)C(=O)Oc1ccc(Oc2ccc(NC(=O)c3ccc(C(F)(F)F)cc3F)cn2)c(F)c1. The van der Waals surface area contributed by atoms with E-state index in [9.17, 15) is 31.5 Å². The fourth-order valence-electron chi connectivity index (χ4n) is 2.99. The minimum atomic E-state index is -4.75. The fraction of sp³-hybridized carbons (Fsp3) is 0.240. The molecule has 1 heterocycles. The van der Waals surface area contributed by atoms with Gasteiger partial charge in [0, 0.05) is 25.7 Å². The fourth-order valence-corrected chi connectivity index (χ4v) is 2.99. The molecule has 0 spiro atoms. The zero-order chi connectivity index (χ0) is 27.2. The molecular weight excluding hydrogens is 501 g/mol. The standard InChI is InChI=1S/C25H22F5N3O4/c1-3-4-11-33(2)24(35)36-17-7-9-21(20(27)13-17)37-22-10-6-16(14-31-22)32-23(34)18-8-5-15(12-19(18)26)25(28,29)30/h5-10,12-14H,3-4,11H2,1-2H3,(H,32,34). The number of hydrogen-bond acceptors (Lipinski definition) is 5. The number of carbonyl (C=O) groups excluding carboxylic acids is 2. The number of nitrogens with zero attached hydrogens (tertiary/aromatic N) is 2. The van der Waals surface area contributed by atoms with Crippen LogP contribution in [0.4, 0.5) is 32.4 Å². The summed E-state index contributed by atoms with van der Waals surface area (Å²) in [6.07, 6.45) is -2.54. The van der Waals surface area contributed by atoms with Crippen LogP contribution >= 0.6 is 0 Å². The normalized spacial score (nSPS) is 11.1. The minimum absolute atomic E-state index is 0.0142. The zero-order valence-electron chi connectivity index (χ0n) is 19.7. The second-order valence-corrected chi connectivity index (χ2v) is 7.87. The second-order valence-electron chi connectivity index (χ2n) is 7.87. The molecule has 3 aromatic rings. The predicted molar refractivity (Wildman–Crippen MR) is 124 cm³/mol. The van der Waals surface area contributed by atoms with Crippen LogP contribution in [0.1, 0.15) is 35.7 Å². The Labute approximate surface area is 208 Å². The molecule has 37 heavy (non-hydrogen) atoms. The first-order chi connectivity index (χ1) is 17.5. The first-order valence-corrected chi connectivity index (χ1v) is 11.0. The maximum Gasteiger partial charge on any atom is 0.416 e. The third-order valence-electron chi connectivity index (χ3n) is 5.02. The molecule has 0 fully saturated rings. The number of anilines is 1. The molecule has 0 saturated carbocycles. The summed E-state index contributed by atoms with van der Waals surface area (Å²) in [5.74, 6) is -3.43. The van der Waals surface area contributed by atoms with Crippen molar-refractivity contribution >= 4 is 17.7 Å². The van der Waals surface area contributed by atoms with Crippen molar-refractivity contribution in [2.24, 2.45) is 0 Å². The van der Waals surface area contributed by atoms with Gasteiger partial charge in [0.2, 0.25) is 5.88 Å². The molecule has 0 unspecified atom stereocenters. The van der Waals surface area contributed by atoms with Gasteiger partial charge >= 0.3 is 12.3 Å². The Morgan fingerprint density at radius 1 is 1.03 bits per heavy atom. The highest BCUT2D eigenvalue weighted by atomic mass is 19.4. The molecule has 12 heteroatoms. The van der Waals surface area contributed by atoms with Gasteiger partial charge in [0.15, 0.2) is 11.6 Å². The topological polar surface area (TPSA) is 80.8 Å². The molecule has 1 aromatic heterocycles. The van der Waals surface area contributed by atoms with Crippen LogP contribution in [-0.4, -0.2) is 35.5 Å². The largest absolute Gasteiger partial charge is 0.436 e. The van der Waals surface area contributed by atoms with Crippen LogP contribution in [0.15, 0.2) is 54.7 Å². The van der Waals surface area contributed by atoms with E-state index < -0.39 is 40.9 Å². The Morgan fingerprint density at radius 3 is 2.38 bits per heavy atom. The lowest BCUT2D eigenvalue weighted by Crippen LogP contribution is -2.30. The van der Waals surface area contributed by atoms with Gasteiger partial charge in [-0.1, -0.05) is 13.3 Å². The smallest absolute Gasteiger partial charge is 0.416 e. The number of alkyl halides is 3. The molecule has 2 amide bonds. The number of benzene rings is 2. The molecule has 7 nitrogen and oxygen atoms in total. The first kappa shape index (κ1) is 27.4. The second kappa shape index (κ2) is 11.7. The van der Waals surface area contributed by atoms with Gasteiger partial charge in [0.25, 0.3) is 5.91 Å². The van der Waals surface area contributed by atoms with E-state index in [1.807, 2.05) is 6.92 Å². The van der Waals surface area contributed by atoms with Gasteiger partial charge in [-0.3, -0.25) is 4.79 Å². The number of rotatable bonds is 8. The van der Waals surface area contributed by atoms with E-state index in [4.69, 9.17) is 9.47 Å². The van der Waals surface area contributed by atoms with Crippen LogP contribution in [0.25, 0.3) is 0 Å². The number of amides is 2. The number of halogens is 5. The Kier molecular flexibility index (Phi) is 8.64. The van der Waals surface area contributed by atoms with E-state index in [-0.39, 0.29) is 29.1 Å². The minimum Gasteiger partial charge on any atom is -0.436 e. The Hall–Kier alpha value is -4.22. The molecule has 0 saturated heterocycles. The summed E-state index contributed by atoms with van der Waals surface area (Å²) < 4.78 is 77.0. The van der Waals surface area contributed by atoms with Crippen molar-refractivity contribution in [2.75, 3.05) is 18.9 Å². The first-order valence-electron chi connectivity index (χ1n) is 11.0. The highest BCUT2D eigenvalue weighted by Crippen LogP contribution is 2.31. The number of unbranched alkanes of at least 4 members (excludes halogenated alkanes) is 1. The van der Waals surface area contributed by atoms with Gasteiger partial charge in [0.05, 0.1) is 23.0 Å². The van der Waals surface area contributed by atoms with Crippen molar-refractivity contribution in [1.82, 2.24) is 9.88 Å². The van der Waals surface area contributed by atoms with Crippen LogP contribution < -0.4 is 14.8 Å². The average Bonchev–Trinajstić information content (AvgIpc) is 2.84. The van der Waals surface area contributed by atoms with Crippen molar-refractivity contribution < 1.29 is 41.0 Å². The molecular formula is C25H22F5N3O4. The number of aromatic nitrogens is 1. The maximum atomic E-state index is 14.4. The molecule has 2 aromatic carbocycles. The van der Waals surface area contributed by atoms with Crippen LogP contribution in [0.3, 0.4) is 0 Å². The lowest BCUT2D eigenvalue weighted by Gasteiger charge is -2.16. The van der Waals surface area contributed by atoms with Crippen LogP contribution in [0.5, 0.6) is 17.4 Å². The summed E-state index contributed by atoms with van der Waals surface area (Å²) in [4.78, 5) is 29.6. The third kappa shape index (κ3) is 7.38. The highest BCUT2D eigenvalue weighted by molar-refractivity contribution is 6.04. The van der Waals surface area contributed by atoms with Gasteiger partial charge in [-0.25, -0.2) is 18.6 Å². The molecule has 196 valence electrons. The van der Waals surface area contributed by atoms with Crippen molar-refractivity contribution in [3.8, 4) is 17.4 Å². The quantitative estimate of drug-likeness (QED) is 0.334. The summed E-state index contributed by atoms with van der Waals surface area (Å²) in [7, 11) is 1.57. The van der Waals surface area contributed by atoms with E-state index in [2.05, 4.69) is 10.3 Å². The number of carbonyl (C=O) groups is 2. The van der Waals surface area contributed by atoms with Crippen molar-refractivity contribution in [2.45, 2.75) is 25.9 Å². The lowest BCUT2D eigenvalue weighted by atomic mass is 10.1. The molecule has 1 N–H and O–H groups in total. The van der Waals surface area contributed by atoms with E-state index in [0.29, 0.717) is 12.6 Å². The van der Waals surface area contributed by atoms with Gasteiger partial charge in [0.1, 0.15) is 11.6 Å². The average molecular weight is 523 g/mol. The van der Waals surface area contributed by atoms with Crippen LogP contribution in [0.2, 0.25) is 0 Å². The number of hydrogen-bond donors (Lipinski definition) is 1. The number of nitrogens with one attached hydrogen (secondary N) is 1. The summed E-state index contributed by atoms with van der Waals surface area (Å²) in [5.41, 5.74) is -1.72. The molecule has 0 aliphatic carbocycles. The molecule has 0 aliphatic rings. The Morgan fingerprint density at radius 2 is 1.78 bits per heavy atom. The molecule has 3 rings (SSSR count). The van der Waals surface area contributed by atoms with Gasteiger partial charge in [-0.05, 0) is 42.8 Å². The van der Waals surface area contributed by atoms with Crippen molar-refractivity contribution in [1.29, 1.82) is 0 Å². The van der Waals surface area contributed by atoms with Crippen molar-refractivity contribution in [3.05, 3.63) is 77.5 Å². The monoisotopic (exact) mass is 523 g/mol. The van der Waals surface area contributed by atoms with Gasteiger partial charge in [-0.2, -0.15) is 13.2 Å². The Balaban J connectivity index is 1.61. The van der Waals surface area contributed by atoms with Gasteiger partial charge in [-0.15, -0.1) is 0 Å². The zero-order valence-corrected chi connectivity index (χ0v) is 19.7. The van der Waals surface area contributed by atoms with Crippen LogP contribution in [0, 0.1) is 11.6 Å². The summed E-state index contributed by atoms with van der Waals surface area (Å²) in [5, 5.41) is 2.30. The predicted octanol–water partition coefficient (Wildman–Crippen LogP) is 6.65. The van der Waals surface area contributed by atoms with Crippen molar-refractivity contribution in [3.63, 3.8) is 0 Å². The summed E-state index contributed by atoms with van der Waals surface area (Å²) in [6, 6.07) is 7.73. The Bertz CT molecular complexity index is 1270. The summed E-state index contributed by atoms with van der Waals surface area (Å²) >= 11 is 0. The van der Waals surface area contributed by atoms with Gasteiger partial charge < -0.3 is 19.7 Å².